The Balaban J connectivity index is 1.97. The molecule has 0 aliphatic heterocycles. The maximum absolute atomic E-state index is 4.01. The van der Waals surface area contributed by atoms with Crippen LogP contribution in [0.5, 0.6) is 0 Å². The van der Waals surface area contributed by atoms with E-state index in [1.165, 1.54) is 17.6 Å². The third-order valence-electron chi connectivity index (χ3n) is 3.52. The van der Waals surface area contributed by atoms with E-state index in [4.69, 9.17) is 0 Å². The van der Waals surface area contributed by atoms with Crippen LogP contribution >= 0.6 is 0 Å². The van der Waals surface area contributed by atoms with Gasteiger partial charge in [-0.25, -0.2) is 0 Å². The molecule has 1 N–H and O–H groups in total. The molecule has 1 saturated carbocycles. The van der Waals surface area contributed by atoms with Crippen LogP contribution in [0.3, 0.4) is 0 Å². The molecule has 3 unspecified atom stereocenters. The summed E-state index contributed by atoms with van der Waals surface area (Å²) in [4.78, 5) is 0. The molecule has 1 nitrogen and oxygen atoms in total. The van der Waals surface area contributed by atoms with Crippen LogP contribution in [0.2, 0.25) is 0 Å². The van der Waals surface area contributed by atoms with Crippen molar-refractivity contribution < 1.29 is 0 Å². The predicted molar refractivity (Wildman–Crippen MR) is 69.6 cm³/mol. The summed E-state index contributed by atoms with van der Waals surface area (Å²) >= 11 is 0. The van der Waals surface area contributed by atoms with Crippen molar-refractivity contribution in [2.75, 3.05) is 7.05 Å². The fourth-order valence-corrected chi connectivity index (χ4v) is 2.59. The van der Waals surface area contributed by atoms with Crippen molar-refractivity contribution in [3.8, 4) is 0 Å². The van der Waals surface area contributed by atoms with Crippen molar-refractivity contribution in [1.29, 1.82) is 0 Å². The molecule has 86 valence electrons. The van der Waals surface area contributed by atoms with Gasteiger partial charge in [0.15, 0.2) is 0 Å². The van der Waals surface area contributed by atoms with Gasteiger partial charge in [0.1, 0.15) is 0 Å². The smallest absolute Gasteiger partial charge is 0.0135 e. The number of hydrogen-bond acceptors (Lipinski definition) is 1. The van der Waals surface area contributed by atoms with Crippen LogP contribution in [-0.4, -0.2) is 13.1 Å². The molecule has 0 saturated heterocycles. The molecule has 0 bridgehead atoms. The van der Waals surface area contributed by atoms with Gasteiger partial charge in [-0.2, -0.15) is 0 Å². The Labute approximate surface area is 98.6 Å². The van der Waals surface area contributed by atoms with Crippen LogP contribution in [0.15, 0.2) is 42.5 Å². The van der Waals surface area contributed by atoms with Crippen molar-refractivity contribution in [2.24, 2.45) is 5.92 Å². The molecule has 3 atom stereocenters. The number of hydrogen-bond donors (Lipinski definition) is 1. The van der Waals surface area contributed by atoms with Crippen LogP contribution in [0, 0.1) is 5.92 Å². The van der Waals surface area contributed by atoms with Gasteiger partial charge in [-0.05, 0) is 44.2 Å². The van der Waals surface area contributed by atoms with Crippen LogP contribution < -0.4 is 5.32 Å². The average molecular weight is 215 g/mol. The van der Waals surface area contributed by atoms with Crippen molar-refractivity contribution in [2.45, 2.75) is 31.7 Å². The highest BCUT2D eigenvalue weighted by molar-refractivity contribution is 5.27. The molecule has 0 aromatic heterocycles. The summed E-state index contributed by atoms with van der Waals surface area (Å²) in [5.74, 6) is 1.56. The summed E-state index contributed by atoms with van der Waals surface area (Å²) in [6.07, 6.45) is 2.42. The second-order valence-corrected chi connectivity index (χ2v) is 4.97. The van der Waals surface area contributed by atoms with Gasteiger partial charge in [0, 0.05) is 6.04 Å². The van der Waals surface area contributed by atoms with Crippen LogP contribution in [-0.2, 0) is 0 Å². The monoisotopic (exact) mass is 215 g/mol. The molecule has 1 aromatic carbocycles. The fourth-order valence-electron chi connectivity index (χ4n) is 2.59. The van der Waals surface area contributed by atoms with Gasteiger partial charge in [-0.3, -0.25) is 0 Å². The molecule has 1 heteroatoms. The Bertz CT molecular complexity index is 355. The summed E-state index contributed by atoms with van der Waals surface area (Å²) in [6.45, 7) is 6.13. The van der Waals surface area contributed by atoms with E-state index in [9.17, 15) is 0 Å². The van der Waals surface area contributed by atoms with Gasteiger partial charge in [-0.15, -0.1) is 6.58 Å². The lowest BCUT2D eigenvalue weighted by molar-refractivity contribution is 0.490. The summed E-state index contributed by atoms with van der Waals surface area (Å²) in [7, 11) is 2.06. The van der Waals surface area contributed by atoms with Gasteiger partial charge >= 0.3 is 0 Å². The summed E-state index contributed by atoms with van der Waals surface area (Å²) in [5, 5.41) is 3.43. The Morgan fingerprint density at radius 2 is 2.12 bits per heavy atom. The minimum absolute atomic E-state index is 0.600. The van der Waals surface area contributed by atoms with Crippen LogP contribution in [0.4, 0.5) is 0 Å². The zero-order valence-electron chi connectivity index (χ0n) is 10.2. The lowest BCUT2D eigenvalue weighted by Crippen LogP contribution is -2.28. The highest BCUT2D eigenvalue weighted by Crippen LogP contribution is 2.50. The minimum atomic E-state index is 0.600. The van der Waals surface area contributed by atoms with E-state index in [-0.39, 0.29) is 0 Å². The minimum Gasteiger partial charge on any atom is -0.316 e. The number of benzene rings is 1. The first-order chi connectivity index (χ1) is 7.72. The first-order valence-corrected chi connectivity index (χ1v) is 6.09. The summed E-state index contributed by atoms with van der Waals surface area (Å²) in [6, 6.07) is 11.5. The van der Waals surface area contributed by atoms with Crippen LogP contribution in [0.1, 0.15) is 31.2 Å². The van der Waals surface area contributed by atoms with E-state index in [0.29, 0.717) is 6.04 Å². The molecule has 1 aromatic rings. The maximum Gasteiger partial charge on any atom is 0.0135 e. The molecule has 1 aliphatic rings. The highest BCUT2D eigenvalue weighted by Gasteiger charge is 2.42. The zero-order chi connectivity index (χ0) is 11.5. The maximum atomic E-state index is 4.01. The lowest BCUT2D eigenvalue weighted by atomic mass is 10.0. The predicted octanol–water partition coefficient (Wildman–Crippen LogP) is 3.34. The SMILES string of the molecule is C=C(C)CC(NC)C1CC1c1ccccc1. The molecular weight excluding hydrogens is 194 g/mol. The number of nitrogens with one attached hydrogen (secondary N) is 1. The first-order valence-electron chi connectivity index (χ1n) is 6.09. The normalized spacial score (nSPS) is 25.1. The Morgan fingerprint density at radius 3 is 2.69 bits per heavy atom. The number of rotatable bonds is 5. The van der Waals surface area contributed by atoms with E-state index in [2.05, 4.69) is 56.2 Å². The van der Waals surface area contributed by atoms with E-state index in [1.54, 1.807) is 0 Å². The highest BCUT2D eigenvalue weighted by atomic mass is 14.9. The first kappa shape index (κ1) is 11.4. The lowest BCUT2D eigenvalue weighted by Gasteiger charge is -2.16. The topological polar surface area (TPSA) is 12.0 Å². The Kier molecular flexibility index (Phi) is 3.45. The molecule has 1 fully saturated rings. The average Bonchev–Trinajstić information content (AvgIpc) is 3.07. The van der Waals surface area contributed by atoms with Gasteiger partial charge in [0.25, 0.3) is 0 Å². The fraction of sp³-hybridized carbons (Fsp3) is 0.467. The van der Waals surface area contributed by atoms with E-state index in [0.717, 1.165) is 18.3 Å². The molecule has 0 spiro atoms. The summed E-state index contributed by atoms with van der Waals surface area (Å²) in [5.41, 5.74) is 2.77. The van der Waals surface area contributed by atoms with Crippen molar-refractivity contribution >= 4 is 0 Å². The van der Waals surface area contributed by atoms with Gasteiger partial charge < -0.3 is 5.32 Å². The quantitative estimate of drug-likeness (QED) is 0.743. The molecular formula is C15H21N. The second kappa shape index (κ2) is 4.84. The molecule has 0 radical (unpaired) electrons. The Morgan fingerprint density at radius 1 is 1.44 bits per heavy atom. The Hall–Kier alpha value is -1.08. The molecule has 2 rings (SSSR count). The summed E-state index contributed by atoms with van der Waals surface area (Å²) < 4.78 is 0. The molecule has 0 amide bonds. The molecule has 1 aliphatic carbocycles. The van der Waals surface area contributed by atoms with Gasteiger partial charge in [-0.1, -0.05) is 35.9 Å². The zero-order valence-corrected chi connectivity index (χ0v) is 10.2. The van der Waals surface area contributed by atoms with E-state index in [1.807, 2.05) is 0 Å². The standard InChI is InChI=1S/C15H21N/c1-11(2)9-15(16-3)14-10-13(14)12-7-5-4-6-8-12/h4-8,13-16H,1,9-10H2,2-3H3. The van der Waals surface area contributed by atoms with Crippen LogP contribution in [0.25, 0.3) is 0 Å². The van der Waals surface area contributed by atoms with Crippen molar-refractivity contribution in [3.63, 3.8) is 0 Å². The molecule has 0 heterocycles. The van der Waals surface area contributed by atoms with Crippen molar-refractivity contribution in [1.82, 2.24) is 5.32 Å². The molecule has 16 heavy (non-hydrogen) atoms. The van der Waals surface area contributed by atoms with E-state index < -0.39 is 0 Å². The largest absolute Gasteiger partial charge is 0.316 e. The van der Waals surface area contributed by atoms with E-state index >= 15 is 0 Å². The van der Waals surface area contributed by atoms with Gasteiger partial charge in [0.2, 0.25) is 0 Å². The third-order valence-corrected chi connectivity index (χ3v) is 3.52. The van der Waals surface area contributed by atoms with Crippen molar-refractivity contribution in [3.05, 3.63) is 48.0 Å². The second-order valence-electron chi connectivity index (χ2n) is 4.97. The van der Waals surface area contributed by atoms with Gasteiger partial charge in [0.05, 0.1) is 0 Å². The third kappa shape index (κ3) is 2.53.